The minimum atomic E-state index is -0.797. The summed E-state index contributed by atoms with van der Waals surface area (Å²) in [6, 6.07) is 0. The molecule has 1 heterocycles. The molecule has 2 unspecified atom stereocenters. The molecule has 0 aromatic heterocycles. The molecule has 1 saturated heterocycles. The molecule has 1 aliphatic heterocycles. The number of amides is 1. The Morgan fingerprint density at radius 3 is 2.94 bits per heavy atom. The Hall–Kier alpha value is 0.130. The number of hydrogen-bond donors (Lipinski definition) is 2. The summed E-state index contributed by atoms with van der Waals surface area (Å²) in [6.07, 6.45) is 5.29. The van der Waals surface area contributed by atoms with Gasteiger partial charge in [0.1, 0.15) is 0 Å². The van der Waals surface area contributed by atoms with Crippen molar-refractivity contribution in [3.8, 4) is 0 Å². The van der Waals surface area contributed by atoms with Crippen LogP contribution in [0.4, 0.5) is 0 Å². The van der Waals surface area contributed by atoms with Crippen molar-refractivity contribution < 1.29 is 9.90 Å². The lowest BCUT2D eigenvalue weighted by Gasteiger charge is -2.25. The predicted molar refractivity (Wildman–Crippen MR) is 72.1 cm³/mol. The molecule has 1 aliphatic rings. The molecule has 0 aliphatic carbocycles. The maximum Gasteiger partial charge on any atom is 0.233 e. The third-order valence-corrected chi connectivity index (χ3v) is 4.86. The Labute approximate surface area is 106 Å². The molecule has 16 heavy (non-hydrogen) atoms. The molecular formula is C11H21NO2S2. The molecule has 5 heteroatoms. The minimum absolute atomic E-state index is 0.0890. The molecule has 2 N–H and O–H groups in total. The van der Waals surface area contributed by atoms with Crippen LogP contribution in [-0.4, -0.2) is 46.2 Å². The van der Waals surface area contributed by atoms with Crippen LogP contribution in [-0.2, 0) is 4.79 Å². The molecule has 0 radical (unpaired) electrons. The number of nitrogens with one attached hydrogen (secondary N) is 1. The van der Waals surface area contributed by atoms with E-state index < -0.39 is 5.60 Å². The van der Waals surface area contributed by atoms with Gasteiger partial charge in [-0.25, -0.2) is 0 Å². The highest BCUT2D eigenvalue weighted by Crippen LogP contribution is 2.25. The summed E-state index contributed by atoms with van der Waals surface area (Å²) in [5, 5.41) is 12.9. The Balaban J connectivity index is 2.28. The Morgan fingerprint density at radius 2 is 2.38 bits per heavy atom. The molecule has 1 amide bonds. The van der Waals surface area contributed by atoms with Crippen molar-refractivity contribution in [2.45, 2.75) is 37.0 Å². The van der Waals surface area contributed by atoms with Gasteiger partial charge in [0.25, 0.3) is 0 Å². The van der Waals surface area contributed by atoms with Crippen LogP contribution < -0.4 is 5.32 Å². The molecule has 3 nitrogen and oxygen atoms in total. The average molecular weight is 263 g/mol. The van der Waals surface area contributed by atoms with Crippen LogP contribution in [0, 0.1) is 0 Å². The first kappa shape index (κ1) is 14.2. The Bertz CT molecular complexity index is 228. The van der Waals surface area contributed by atoms with Crippen LogP contribution in [0.5, 0.6) is 0 Å². The zero-order chi connectivity index (χ0) is 12.0. The summed E-state index contributed by atoms with van der Waals surface area (Å²) in [5.74, 6) is 1.82. The smallest absolute Gasteiger partial charge is 0.233 e. The normalized spacial score (nSPS) is 24.8. The van der Waals surface area contributed by atoms with Crippen molar-refractivity contribution in [2.75, 3.05) is 24.3 Å². The van der Waals surface area contributed by atoms with Crippen LogP contribution in [0.15, 0.2) is 0 Å². The molecule has 0 spiro atoms. The van der Waals surface area contributed by atoms with E-state index in [1.54, 1.807) is 30.4 Å². The van der Waals surface area contributed by atoms with Gasteiger partial charge in [-0.3, -0.25) is 4.79 Å². The second-order valence-electron chi connectivity index (χ2n) is 4.50. The van der Waals surface area contributed by atoms with Crippen molar-refractivity contribution in [1.82, 2.24) is 5.32 Å². The fraction of sp³-hybridized carbons (Fsp3) is 0.909. The van der Waals surface area contributed by atoms with Gasteiger partial charge in [0.2, 0.25) is 5.91 Å². The van der Waals surface area contributed by atoms with Crippen molar-refractivity contribution in [1.29, 1.82) is 0 Å². The molecular weight excluding hydrogens is 242 g/mol. The second kappa shape index (κ2) is 6.77. The molecule has 2 atom stereocenters. The largest absolute Gasteiger partial charge is 0.387 e. The van der Waals surface area contributed by atoms with Gasteiger partial charge in [-0.1, -0.05) is 6.42 Å². The van der Waals surface area contributed by atoms with Gasteiger partial charge in [-0.05, 0) is 31.8 Å². The number of hydrogen-bond acceptors (Lipinski definition) is 4. The standard InChI is InChI=1S/C11H21NO2S2/c1-11(14,8-15-2)7-12-10(13)9-5-3-4-6-16-9/h9,14H,3-8H2,1-2H3,(H,12,13). The van der Waals surface area contributed by atoms with E-state index in [4.69, 9.17) is 0 Å². The first-order chi connectivity index (χ1) is 7.55. The van der Waals surface area contributed by atoms with Gasteiger partial charge < -0.3 is 10.4 Å². The lowest BCUT2D eigenvalue weighted by atomic mass is 10.1. The van der Waals surface area contributed by atoms with Crippen molar-refractivity contribution in [2.24, 2.45) is 0 Å². The molecule has 1 fully saturated rings. The van der Waals surface area contributed by atoms with Crippen molar-refractivity contribution >= 4 is 29.4 Å². The SMILES string of the molecule is CSCC(C)(O)CNC(=O)C1CCCCS1. The van der Waals surface area contributed by atoms with Crippen LogP contribution in [0.3, 0.4) is 0 Å². The van der Waals surface area contributed by atoms with E-state index in [1.165, 1.54) is 6.42 Å². The highest BCUT2D eigenvalue weighted by atomic mass is 32.2. The fourth-order valence-electron chi connectivity index (χ4n) is 1.70. The molecule has 94 valence electrons. The van der Waals surface area contributed by atoms with Crippen molar-refractivity contribution in [3.63, 3.8) is 0 Å². The molecule has 0 aromatic carbocycles. The Kier molecular flexibility index (Phi) is 6.00. The van der Waals surface area contributed by atoms with Gasteiger partial charge >= 0.3 is 0 Å². The summed E-state index contributed by atoms with van der Waals surface area (Å²) in [7, 11) is 0. The van der Waals surface area contributed by atoms with Crippen LogP contribution in [0.1, 0.15) is 26.2 Å². The van der Waals surface area contributed by atoms with E-state index in [2.05, 4.69) is 5.32 Å². The summed E-state index contributed by atoms with van der Waals surface area (Å²) in [5.41, 5.74) is -0.797. The van der Waals surface area contributed by atoms with E-state index in [9.17, 15) is 9.90 Å². The number of aliphatic hydroxyl groups is 1. The van der Waals surface area contributed by atoms with Crippen molar-refractivity contribution in [3.05, 3.63) is 0 Å². The number of carbonyl (C=O) groups is 1. The van der Waals surface area contributed by atoms with E-state index in [0.717, 1.165) is 18.6 Å². The maximum absolute atomic E-state index is 11.8. The van der Waals surface area contributed by atoms with E-state index in [-0.39, 0.29) is 11.2 Å². The summed E-state index contributed by atoms with van der Waals surface area (Å²) < 4.78 is 0. The first-order valence-corrected chi connectivity index (χ1v) is 8.10. The minimum Gasteiger partial charge on any atom is -0.387 e. The van der Waals surface area contributed by atoms with Gasteiger partial charge in [-0.15, -0.1) is 11.8 Å². The van der Waals surface area contributed by atoms with Gasteiger partial charge in [0, 0.05) is 12.3 Å². The number of carbonyl (C=O) groups excluding carboxylic acids is 1. The summed E-state index contributed by atoms with van der Waals surface area (Å²) in [4.78, 5) is 11.8. The first-order valence-electron chi connectivity index (χ1n) is 5.66. The topological polar surface area (TPSA) is 49.3 Å². The van der Waals surface area contributed by atoms with Gasteiger partial charge in [0.15, 0.2) is 0 Å². The third-order valence-electron chi connectivity index (χ3n) is 2.57. The highest BCUT2D eigenvalue weighted by molar-refractivity contribution is 8.00. The molecule has 0 bridgehead atoms. The second-order valence-corrected chi connectivity index (χ2v) is 6.68. The molecule has 1 rings (SSSR count). The van der Waals surface area contributed by atoms with E-state index in [0.29, 0.717) is 12.3 Å². The summed E-state index contributed by atoms with van der Waals surface area (Å²) >= 11 is 3.33. The third kappa shape index (κ3) is 4.97. The van der Waals surface area contributed by atoms with Crippen LogP contribution in [0.2, 0.25) is 0 Å². The molecule has 0 saturated carbocycles. The maximum atomic E-state index is 11.8. The number of rotatable bonds is 5. The zero-order valence-electron chi connectivity index (χ0n) is 9.99. The van der Waals surface area contributed by atoms with E-state index in [1.807, 2.05) is 6.26 Å². The fourth-order valence-corrected chi connectivity index (χ4v) is 3.65. The monoisotopic (exact) mass is 263 g/mol. The summed E-state index contributed by atoms with van der Waals surface area (Å²) in [6.45, 7) is 2.11. The highest BCUT2D eigenvalue weighted by Gasteiger charge is 2.25. The predicted octanol–water partition coefficient (Wildman–Crippen LogP) is 1.50. The lowest BCUT2D eigenvalue weighted by molar-refractivity contribution is -0.121. The average Bonchev–Trinajstić information content (AvgIpc) is 2.27. The quantitative estimate of drug-likeness (QED) is 0.789. The zero-order valence-corrected chi connectivity index (χ0v) is 11.6. The van der Waals surface area contributed by atoms with E-state index >= 15 is 0 Å². The number of thioether (sulfide) groups is 2. The lowest BCUT2D eigenvalue weighted by Crippen LogP contribution is -2.45. The van der Waals surface area contributed by atoms with Gasteiger partial charge in [0.05, 0.1) is 10.9 Å². The van der Waals surface area contributed by atoms with Crippen LogP contribution in [0.25, 0.3) is 0 Å². The van der Waals surface area contributed by atoms with Gasteiger partial charge in [-0.2, -0.15) is 11.8 Å². The van der Waals surface area contributed by atoms with Crippen LogP contribution >= 0.6 is 23.5 Å². The molecule has 0 aromatic rings. The Morgan fingerprint density at radius 1 is 1.62 bits per heavy atom.